The predicted molar refractivity (Wildman–Crippen MR) is 69.9 cm³/mol. The molecule has 5 nitrogen and oxygen atoms in total. The summed E-state index contributed by atoms with van der Waals surface area (Å²) in [5.74, 6) is -0.477. The molecule has 6 heteroatoms. The van der Waals surface area contributed by atoms with Gasteiger partial charge in [0, 0.05) is 6.92 Å². The van der Waals surface area contributed by atoms with Gasteiger partial charge < -0.3 is 10.4 Å². The van der Waals surface area contributed by atoms with Crippen molar-refractivity contribution in [2.75, 3.05) is 0 Å². The maximum atomic E-state index is 11.6. The molecule has 2 amide bonds. The van der Waals surface area contributed by atoms with Gasteiger partial charge in [0.05, 0.1) is 4.91 Å². The third-order valence-corrected chi connectivity index (χ3v) is 2.99. The van der Waals surface area contributed by atoms with Gasteiger partial charge in [0.15, 0.2) is 5.17 Å². The van der Waals surface area contributed by atoms with Crippen LogP contribution in [0.1, 0.15) is 12.5 Å². The Morgan fingerprint density at radius 1 is 1.39 bits per heavy atom. The number of phenols is 1. The van der Waals surface area contributed by atoms with Crippen molar-refractivity contribution in [1.82, 2.24) is 5.32 Å². The van der Waals surface area contributed by atoms with E-state index in [0.29, 0.717) is 4.91 Å². The van der Waals surface area contributed by atoms with Crippen LogP contribution in [0.3, 0.4) is 0 Å². The maximum absolute atomic E-state index is 11.6. The number of amidine groups is 1. The summed E-state index contributed by atoms with van der Waals surface area (Å²) in [7, 11) is 0. The summed E-state index contributed by atoms with van der Waals surface area (Å²) in [4.78, 5) is 26.6. The molecule has 1 aromatic rings. The summed E-state index contributed by atoms with van der Waals surface area (Å²) in [6.45, 7) is 1.36. The van der Waals surface area contributed by atoms with Gasteiger partial charge in [0.2, 0.25) is 5.91 Å². The standard InChI is InChI=1S/C12H10N2O3S/c1-7(15)13-12-14-11(17)10(18-12)6-8-2-4-9(16)5-3-8/h2-6,16H,1H3,(H,13,14,15,17). The quantitative estimate of drug-likeness (QED) is 0.752. The molecule has 0 saturated carbocycles. The Hall–Kier alpha value is -2.08. The maximum Gasteiger partial charge on any atom is 0.286 e. The molecule has 0 atom stereocenters. The van der Waals surface area contributed by atoms with Crippen LogP contribution in [0.4, 0.5) is 0 Å². The fourth-order valence-electron chi connectivity index (χ4n) is 1.34. The first-order chi connectivity index (χ1) is 8.54. The van der Waals surface area contributed by atoms with Gasteiger partial charge in [0.25, 0.3) is 5.91 Å². The zero-order valence-corrected chi connectivity index (χ0v) is 10.3. The fraction of sp³-hybridized carbons (Fsp3) is 0.0833. The molecular weight excluding hydrogens is 252 g/mol. The number of aromatic hydroxyl groups is 1. The topological polar surface area (TPSA) is 78.8 Å². The van der Waals surface area contributed by atoms with E-state index in [-0.39, 0.29) is 22.7 Å². The van der Waals surface area contributed by atoms with E-state index in [1.165, 1.54) is 19.1 Å². The number of carbonyl (C=O) groups is 2. The molecule has 92 valence electrons. The highest BCUT2D eigenvalue weighted by molar-refractivity contribution is 8.18. The van der Waals surface area contributed by atoms with E-state index in [1.807, 2.05) is 0 Å². The number of hydrogen-bond acceptors (Lipinski definition) is 4. The molecule has 0 aromatic heterocycles. The van der Waals surface area contributed by atoms with Crippen LogP contribution in [0.25, 0.3) is 6.08 Å². The molecule has 0 saturated heterocycles. The summed E-state index contributed by atoms with van der Waals surface area (Å²) in [6, 6.07) is 6.44. The number of phenolic OH excluding ortho intramolecular Hbond substituents is 1. The molecule has 0 fully saturated rings. The van der Waals surface area contributed by atoms with E-state index in [2.05, 4.69) is 10.3 Å². The molecule has 18 heavy (non-hydrogen) atoms. The summed E-state index contributed by atoms with van der Waals surface area (Å²) in [6.07, 6.45) is 1.66. The fourth-order valence-corrected chi connectivity index (χ4v) is 2.19. The second-order valence-electron chi connectivity index (χ2n) is 3.61. The Labute approximate surface area is 108 Å². The first-order valence-corrected chi connectivity index (χ1v) is 5.95. The minimum Gasteiger partial charge on any atom is -0.508 e. The molecule has 2 N–H and O–H groups in total. The lowest BCUT2D eigenvalue weighted by atomic mass is 10.2. The minimum absolute atomic E-state index is 0.165. The van der Waals surface area contributed by atoms with Crippen LogP contribution in [-0.4, -0.2) is 22.1 Å². The number of nitrogens with zero attached hydrogens (tertiary/aromatic N) is 1. The third-order valence-electron chi connectivity index (χ3n) is 2.09. The predicted octanol–water partition coefficient (Wildman–Crippen LogP) is 1.50. The molecule has 1 aliphatic heterocycles. The van der Waals surface area contributed by atoms with Gasteiger partial charge in [-0.1, -0.05) is 12.1 Å². The molecule has 0 radical (unpaired) electrons. The number of nitrogens with one attached hydrogen (secondary N) is 1. The number of rotatable bonds is 1. The third kappa shape index (κ3) is 2.98. The first kappa shape index (κ1) is 12.4. The highest BCUT2D eigenvalue weighted by Gasteiger charge is 2.22. The van der Waals surface area contributed by atoms with Crippen molar-refractivity contribution < 1.29 is 14.7 Å². The Kier molecular flexibility index (Phi) is 3.47. The lowest BCUT2D eigenvalue weighted by Crippen LogP contribution is -2.23. The van der Waals surface area contributed by atoms with Crippen LogP contribution in [0, 0.1) is 0 Å². The van der Waals surface area contributed by atoms with Crippen LogP contribution in [-0.2, 0) is 9.59 Å². The Morgan fingerprint density at radius 3 is 2.67 bits per heavy atom. The van der Waals surface area contributed by atoms with E-state index in [4.69, 9.17) is 5.11 Å². The van der Waals surface area contributed by atoms with Crippen LogP contribution in [0.5, 0.6) is 5.75 Å². The summed E-state index contributed by atoms with van der Waals surface area (Å²) < 4.78 is 0. The van der Waals surface area contributed by atoms with Crippen molar-refractivity contribution in [3.63, 3.8) is 0 Å². The van der Waals surface area contributed by atoms with E-state index >= 15 is 0 Å². The Morgan fingerprint density at radius 2 is 2.06 bits per heavy atom. The molecule has 0 spiro atoms. The molecule has 1 aliphatic rings. The molecule has 2 rings (SSSR count). The molecule has 0 bridgehead atoms. The zero-order valence-electron chi connectivity index (χ0n) is 9.51. The summed E-state index contributed by atoms with van der Waals surface area (Å²) in [5, 5.41) is 11.9. The Balaban J connectivity index is 2.15. The first-order valence-electron chi connectivity index (χ1n) is 5.14. The lowest BCUT2D eigenvalue weighted by molar-refractivity contribution is -0.117. The molecule has 0 aliphatic carbocycles. The number of amides is 2. The van der Waals surface area contributed by atoms with Gasteiger partial charge >= 0.3 is 0 Å². The molecule has 1 heterocycles. The van der Waals surface area contributed by atoms with E-state index < -0.39 is 0 Å². The molecule has 1 aromatic carbocycles. The highest BCUT2D eigenvalue weighted by atomic mass is 32.2. The second kappa shape index (κ2) is 5.05. The summed E-state index contributed by atoms with van der Waals surface area (Å²) in [5.41, 5.74) is 0.780. The number of benzene rings is 1. The number of hydrogen-bond donors (Lipinski definition) is 2. The number of thioether (sulfide) groups is 1. The number of aliphatic imine (C=N–C) groups is 1. The van der Waals surface area contributed by atoms with Crippen molar-refractivity contribution in [3.8, 4) is 5.75 Å². The van der Waals surface area contributed by atoms with Gasteiger partial charge in [-0.2, -0.15) is 4.99 Å². The monoisotopic (exact) mass is 262 g/mol. The van der Waals surface area contributed by atoms with E-state index in [0.717, 1.165) is 17.3 Å². The van der Waals surface area contributed by atoms with Gasteiger partial charge in [-0.15, -0.1) is 0 Å². The largest absolute Gasteiger partial charge is 0.508 e. The smallest absolute Gasteiger partial charge is 0.286 e. The molecular formula is C12H10N2O3S. The SMILES string of the molecule is CC(=O)NC1=NC(=O)C(=Cc2ccc(O)cc2)S1. The van der Waals surface area contributed by atoms with Crippen molar-refractivity contribution >= 4 is 34.8 Å². The van der Waals surface area contributed by atoms with Crippen LogP contribution < -0.4 is 5.32 Å². The van der Waals surface area contributed by atoms with Crippen LogP contribution in [0.2, 0.25) is 0 Å². The lowest BCUT2D eigenvalue weighted by Gasteiger charge is -1.98. The Bertz CT molecular complexity index is 561. The second-order valence-corrected chi connectivity index (χ2v) is 4.64. The van der Waals surface area contributed by atoms with Crippen molar-refractivity contribution in [3.05, 3.63) is 34.7 Å². The molecule has 0 unspecified atom stereocenters. The summed E-state index contributed by atoms with van der Waals surface area (Å²) >= 11 is 1.11. The van der Waals surface area contributed by atoms with E-state index in [9.17, 15) is 9.59 Å². The van der Waals surface area contributed by atoms with Crippen molar-refractivity contribution in [2.45, 2.75) is 6.92 Å². The van der Waals surface area contributed by atoms with Gasteiger partial charge in [0.1, 0.15) is 5.75 Å². The van der Waals surface area contributed by atoms with Crippen LogP contribution in [0.15, 0.2) is 34.2 Å². The minimum atomic E-state index is -0.378. The van der Waals surface area contributed by atoms with Gasteiger partial charge in [-0.05, 0) is 35.5 Å². The number of carbonyl (C=O) groups excluding carboxylic acids is 2. The van der Waals surface area contributed by atoms with Crippen molar-refractivity contribution in [1.29, 1.82) is 0 Å². The van der Waals surface area contributed by atoms with E-state index in [1.54, 1.807) is 18.2 Å². The van der Waals surface area contributed by atoms with Crippen LogP contribution >= 0.6 is 11.8 Å². The van der Waals surface area contributed by atoms with Gasteiger partial charge in [-0.3, -0.25) is 9.59 Å². The average molecular weight is 262 g/mol. The normalized spacial score (nSPS) is 16.8. The zero-order chi connectivity index (χ0) is 13.1. The highest BCUT2D eigenvalue weighted by Crippen LogP contribution is 2.27. The van der Waals surface area contributed by atoms with Crippen molar-refractivity contribution in [2.24, 2.45) is 4.99 Å². The average Bonchev–Trinajstić information content (AvgIpc) is 2.61. The van der Waals surface area contributed by atoms with Gasteiger partial charge in [-0.25, -0.2) is 0 Å².